The van der Waals surface area contributed by atoms with Crippen LogP contribution in [0.3, 0.4) is 0 Å². The van der Waals surface area contributed by atoms with Crippen molar-refractivity contribution in [3.05, 3.63) is 101 Å². The van der Waals surface area contributed by atoms with Gasteiger partial charge >= 0.3 is 0 Å². The van der Waals surface area contributed by atoms with Crippen molar-refractivity contribution in [2.24, 2.45) is 5.92 Å². The molecule has 0 radical (unpaired) electrons. The lowest BCUT2D eigenvalue weighted by atomic mass is 9.59. The van der Waals surface area contributed by atoms with Crippen LogP contribution >= 0.6 is 0 Å². The molecule has 0 saturated heterocycles. The minimum atomic E-state index is -3.68. The second-order valence-corrected chi connectivity index (χ2v) is 10.3. The summed E-state index contributed by atoms with van der Waals surface area (Å²) in [6, 6.07) is 23.2. The molecule has 6 heteroatoms. The highest BCUT2D eigenvalue weighted by Crippen LogP contribution is 2.55. The van der Waals surface area contributed by atoms with Crippen LogP contribution in [0.4, 0.5) is 0 Å². The number of nitrogens with one attached hydrogen (secondary N) is 2. The van der Waals surface area contributed by atoms with Crippen molar-refractivity contribution in [1.29, 1.82) is 0 Å². The van der Waals surface area contributed by atoms with Crippen LogP contribution in [-0.4, -0.2) is 27.4 Å². The highest BCUT2D eigenvalue weighted by molar-refractivity contribution is 7.89. The molecule has 1 amide bonds. The van der Waals surface area contributed by atoms with Crippen molar-refractivity contribution in [3.8, 4) is 12.3 Å². The van der Waals surface area contributed by atoms with Gasteiger partial charge in [0, 0.05) is 23.9 Å². The van der Waals surface area contributed by atoms with Gasteiger partial charge in [0.2, 0.25) is 10.0 Å². The monoisotopic (exact) mass is 456 g/mol. The molecule has 3 aliphatic rings. The molecular formula is C27H24N2O3S. The third kappa shape index (κ3) is 3.84. The molecule has 33 heavy (non-hydrogen) atoms. The van der Waals surface area contributed by atoms with Gasteiger partial charge in [-0.25, -0.2) is 8.42 Å². The molecule has 3 aromatic carbocycles. The molecule has 2 bridgehead atoms. The van der Waals surface area contributed by atoms with Crippen molar-refractivity contribution < 1.29 is 13.2 Å². The molecule has 2 N–H and O–H groups in total. The van der Waals surface area contributed by atoms with Crippen LogP contribution in [0.1, 0.15) is 50.9 Å². The molecule has 166 valence electrons. The zero-order chi connectivity index (χ0) is 23.0. The topological polar surface area (TPSA) is 75.3 Å². The van der Waals surface area contributed by atoms with E-state index < -0.39 is 10.0 Å². The van der Waals surface area contributed by atoms with Gasteiger partial charge in [0.1, 0.15) is 0 Å². The van der Waals surface area contributed by atoms with Gasteiger partial charge in [-0.15, -0.1) is 6.42 Å². The van der Waals surface area contributed by atoms with Crippen LogP contribution in [-0.2, 0) is 10.0 Å². The predicted molar refractivity (Wildman–Crippen MR) is 127 cm³/mol. The van der Waals surface area contributed by atoms with E-state index in [9.17, 15) is 13.2 Å². The second kappa shape index (κ2) is 8.51. The summed E-state index contributed by atoms with van der Waals surface area (Å²) in [5.74, 6) is 2.95. The van der Waals surface area contributed by atoms with Gasteiger partial charge in [-0.2, -0.15) is 4.72 Å². The molecule has 0 spiro atoms. The van der Waals surface area contributed by atoms with Crippen LogP contribution in [0.15, 0.2) is 77.7 Å². The summed E-state index contributed by atoms with van der Waals surface area (Å²) in [5, 5.41) is 3.08. The summed E-state index contributed by atoms with van der Waals surface area (Å²) in [6.07, 6.45) is 6.11. The number of sulfonamides is 1. The Hall–Kier alpha value is -3.40. The molecule has 3 aromatic rings. The lowest BCUT2D eigenvalue weighted by Gasteiger charge is -2.45. The lowest BCUT2D eigenvalue weighted by Crippen LogP contribution is -2.39. The van der Waals surface area contributed by atoms with Gasteiger partial charge in [-0.3, -0.25) is 4.79 Å². The van der Waals surface area contributed by atoms with Crippen LogP contribution in [0.5, 0.6) is 0 Å². The van der Waals surface area contributed by atoms with Crippen LogP contribution in [0.2, 0.25) is 0 Å². The largest absolute Gasteiger partial charge is 0.352 e. The fourth-order valence-corrected chi connectivity index (χ4v) is 6.23. The molecule has 0 saturated carbocycles. The molecule has 0 heterocycles. The number of carbonyl (C=O) groups excluding carboxylic acids is 1. The number of amides is 1. The van der Waals surface area contributed by atoms with E-state index in [1.807, 2.05) is 0 Å². The molecular weight excluding hydrogens is 432 g/mol. The predicted octanol–water partition coefficient (Wildman–Crippen LogP) is 3.63. The van der Waals surface area contributed by atoms with E-state index in [0.29, 0.717) is 23.9 Å². The van der Waals surface area contributed by atoms with Crippen molar-refractivity contribution in [1.82, 2.24) is 10.0 Å². The maximum absolute atomic E-state index is 12.8. The number of carbonyl (C=O) groups is 1. The number of hydrogen-bond donors (Lipinski definition) is 2. The quantitative estimate of drug-likeness (QED) is 0.557. The number of rotatable bonds is 6. The van der Waals surface area contributed by atoms with E-state index in [1.165, 1.54) is 46.5 Å². The van der Waals surface area contributed by atoms with Crippen LogP contribution in [0.25, 0.3) is 0 Å². The Morgan fingerprint density at radius 2 is 1.48 bits per heavy atom. The van der Waals surface area contributed by atoms with Crippen LogP contribution in [0, 0.1) is 18.3 Å². The maximum Gasteiger partial charge on any atom is 0.251 e. The first-order valence-electron chi connectivity index (χ1n) is 11.0. The van der Waals surface area contributed by atoms with Gasteiger partial charge in [0.25, 0.3) is 5.91 Å². The summed E-state index contributed by atoms with van der Waals surface area (Å²) >= 11 is 0. The lowest BCUT2D eigenvalue weighted by molar-refractivity contribution is 0.0943. The van der Waals surface area contributed by atoms with E-state index in [4.69, 9.17) is 6.42 Å². The Morgan fingerprint density at radius 3 is 2.06 bits per heavy atom. The average Bonchev–Trinajstić information content (AvgIpc) is 2.86. The number of fused-ring (bicyclic) bond motifs is 1. The van der Waals surface area contributed by atoms with E-state index in [2.05, 4.69) is 64.5 Å². The van der Waals surface area contributed by atoms with E-state index in [1.54, 1.807) is 0 Å². The minimum Gasteiger partial charge on any atom is -0.352 e. The van der Waals surface area contributed by atoms with Crippen LogP contribution < -0.4 is 10.0 Å². The second-order valence-electron chi connectivity index (χ2n) is 8.55. The Morgan fingerprint density at radius 1 is 0.909 bits per heavy atom. The normalized spacial score (nSPS) is 20.4. The van der Waals surface area contributed by atoms with E-state index in [-0.39, 0.29) is 23.3 Å². The molecule has 1 atom stereocenters. The van der Waals surface area contributed by atoms with Crippen molar-refractivity contribution in [2.75, 3.05) is 13.1 Å². The number of benzene rings is 3. The first-order valence-corrected chi connectivity index (χ1v) is 12.5. The third-order valence-corrected chi connectivity index (χ3v) is 8.16. The van der Waals surface area contributed by atoms with E-state index >= 15 is 0 Å². The molecule has 3 aliphatic carbocycles. The van der Waals surface area contributed by atoms with Gasteiger partial charge in [-0.1, -0.05) is 54.5 Å². The first-order chi connectivity index (χ1) is 16.0. The highest BCUT2D eigenvalue weighted by Gasteiger charge is 2.42. The smallest absolute Gasteiger partial charge is 0.251 e. The zero-order valence-corrected chi connectivity index (χ0v) is 18.8. The van der Waals surface area contributed by atoms with Crippen molar-refractivity contribution >= 4 is 15.9 Å². The molecule has 6 rings (SSSR count). The average molecular weight is 457 g/mol. The summed E-state index contributed by atoms with van der Waals surface area (Å²) < 4.78 is 26.7. The zero-order valence-electron chi connectivity index (χ0n) is 18.0. The fraction of sp³-hybridized carbons (Fsp3) is 0.222. The summed E-state index contributed by atoms with van der Waals surface area (Å²) in [4.78, 5) is 12.9. The standard InChI is InChI=1S/C27H24N2O3S/c1-2-15-29-33(31,32)20-13-11-18(12-14-20)27(30)28-17-19-16-25-21-7-3-5-9-23(21)26(19)24-10-6-4-8-22(24)25/h1,3-14,19,25-26,29H,15-17H2,(H,28,30). The summed E-state index contributed by atoms with van der Waals surface area (Å²) in [7, 11) is -3.68. The Labute approximate surface area is 194 Å². The molecule has 0 aromatic heterocycles. The van der Waals surface area contributed by atoms with Gasteiger partial charge < -0.3 is 5.32 Å². The Kier molecular flexibility index (Phi) is 5.53. The third-order valence-electron chi connectivity index (χ3n) is 6.74. The summed E-state index contributed by atoms with van der Waals surface area (Å²) in [6.45, 7) is 0.479. The first kappa shape index (κ1) is 21.4. The van der Waals surface area contributed by atoms with Crippen molar-refractivity contribution in [2.45, 2.75) is 23.2 Å². The van der Waals surface area contributed by atoms with Gasteiger partial charge in [0.15, 0.2) is 0 Å². The van der Waals surface area contributed by atoms with Crippen molar-refractivity contribution in [3.63, 3.8) is 0 Å². The fourth-order valence-electron chi connectivity index (χ4n) is 5.29. The molecule has 0 aliphatic heterocycles. The summed E-state index contributed by atoms with van der Waals surface area (Å²) in [5.41, 5.74) is 5.95. The number of hydrogen-bond acceptors (Lipinski definition) is 3. The maximum atomic E-state index is 12.8. The van der Waals surface area contributed by atoms with Gasteiger partial charge in [0.05, 0.1) is 11.4 Å². The Balaban J connectivity index is 1.32. The Bertz CT molecular complexity index is 1310. The minimum absolute atomic E-state index is 0.0760. The molecule has 5 nitrogen and oxygen atoms in total. The molecule has 1 unspecified atom stereocenters. The molecule has 0 fully saturated rings. The van der Waals surface area contributed by atoms with Gasteiger partial charge in [-0.05, 0) is 58.9 Å². The van der Waals surface area contributed by atoms with E-state index in [0.717, 1.165) is 6.42 Å². The number of terminal acetylenes is 1. The SMILES string of the molecule is C#CCNS(=O)(=O)c1ccc(C(=O)NCC2CC3c4ccccc4C2c2ccccc23)cc1. The highest BCUT2D eigenvalue weighted by atomic mass is 32.2.